The standard InChI is InChI=1S/C24H22N2O4/c1-15-5-4-6-22-25-20(13-23(27)26(15)22)14-30-24(28)16(2)17-7-8-19-12-21(29-3)10-9-18(19)11-17/h4-13,16H,14H2,1-3H3/t16-/m0/s1. The second-order valence-electron chi connectivity index (χ2n) is 7.25. The maximum absolute atomic E-state index is 12.6. The van der Waals surface area contributed by atoms with E-state index in [9.17, 15) is 9.59 Å². The Morgan fingerprint density at radius 1 is 1.07 bits per heavy atom. The second kappa shape index (κ2) is 7.99. The molecule has 0 bridgehead atoms. The Labute approximate surface area is 173 Å². The third-order valence-corrected chi connectivity index (χ3v) is 5.22. The summed E-state index contributed by atoms with van der Waals surface area (Å²) in [5.41, 5.74) is 2.43. The lowest BCUT2D eigenvalue weighted by atomic mass is 9.98. The predicted molar refractivity (Wildman–Crippen MR) is 115 cm³/mol. The summed E-state index contributed by atoms with van der Waals surface area (Å²) < 4.78 is 12.2. The first kappa shape index (κ1) is 19.6. The van der Waals surface area contributed by atoms with Gasteiger partial charge in [0.15, 0.2) is 0 Å². The largest absolute Gasteiger partial charge is 0.497 e. The molecule has 152 valence electrons. The Balaban J connectivity index is 1.50. The molecule has 1 atom stereocenters. The molecule has 0 N–H and O–H groups in total. The fraction of sp³-hybridized carbons (Fsp3) is 0.208. The molecule has 0 amide bonds. The van der Waals surface area contributed by atoms with Gasteiger partial charge in [-0.2, -0.15) is 0 Å². The van der Waals surface area contributed by atoms with Crippen molar-refractivity contribution in [2.75, 3.05) is 7.11 Å². The first-order chi connectivity index (χ1) is 14.5. The maximum Gasteiger partial charge on any atom is 0.313 e. The van der Waals surface area contributed by atoms with Gasteiger partial charge in [0.1, 0.15) is 18.0 Å². The van der Waals surface area contributed by atoms with Crippen LogP contribution in [0.4, 0.5) is 0 Å². The van der Waals surface area contributed by atoms with Crippen LogP contribution in [0, 0.1) is 6.92 Å². The highest BCUT2D eigenvalue weighted by atomic mass is 16.5. The van der Waals surface area contributed by atoms with E-state index in [1.54, 1.807) is 20.1 Å². The molecule has 30 heavy (non-hydrogen) atoms. The number of rotatable bonds is 5. The van der Waals surface area contributed by atoms with Gasteiger partial charge in [-0.25, -0.2) is 4.98 Å². The number of esters is 1. The number of carbonyl (C=O) groups is 1. The van der Waals surface area contributed by atoms with Crippen LogP contribution >= 0.6 is 0 Å². The SMILES string of the molecule is COc1ccc2cc([C@H](C)C(=O)OCc3cc(=O)n4c(C)cccc4n3)ccc2c1. The molecule has 2 heterocycles. The molecule has 0 saturated heterocycles. The molecule has 2 aromatic heterocycles. The van der Waals surface area contributed by atoms with Crippen molar-refractivity contribution >= 4 is 22.4 Å². The number of pyridine rings is 1. The number of nitrogens with zero attached hydrogens (tertiary/aromatic N) is 2. The zero-order valence-electron chi connectivity index (χ0n) is 17.1. The van der Waals surface area contributed by atoms with Crippen LogP contribution in [0.2, 0.25) is 0 Å². The summed E-state index contributed by atoms with van der Waals surface area (Å²) in [5.74, 6) is -0.0221. The molecular formula is C24H22N2O4. The van der Waals surface area contributed by atoms with Gasteiger partial charge >= 0.3 is 5.97 Å². The van der Waals surface area contributed by atoms with Crippen molar-refractivity contribution in [1.82, 2.24) is 9.38 Å². The van der Waals surface area contributed by atoms with E-state index in [-0.39, 0.29) is 18.1 Å². The van der Waals surface area contributed by atoms with E-state index in [1.165, 1.54) is 10.5 Å². The second-order valence-corrected chi connectivity index (χ2v) is 7.25. The van der Waals surface area contributed by atoms with Crippen LogP contribution in [-0.2, 0) is 16.1 Å². The minimum atomic E-state index is -0.444. The van der Waals surface area contributed by atoms with Crippen molar-refractivity contribution in [3.05, 3.63) is 88.0 Å². The van der Waals surface area contributed by atoms with Gasteiger partial charge in [-0.15, -0.1) is 0 Å². The fourth-order valence-electron chi connectivity index (χ4n) is 3.48. The van der Waals surface area contributed by atoms with Crippen LogP contribution in [0.15, 0.2) is 65.5 Å². The van der Waals surface area contributed by atoms with E-state index in [2.05, 4.69) is 4.98 Å². The zero-order chi connectivity index (χ0) is 21.3. The summed E-state index contributed by atoms with van der Waals surface area (Å²) in [7, 11) is 1.63. The highest BCUT2D eigenvalue weighted by Gasteiger charge is 2.18. The van der Waals surface area contributed by atoms with Gasteiger partial charge in [0.05, 0.1) is 18.7 Å². The Hall–Kier alpha value is -3.67. The lowest BCUT2D eigenvalue weighted by molar-refractivity contribution is -0.146. The average Bonchev–Trinajstić information content (AvgIpc) is 2.76. The Kier molecular flexibility index (Phi) is 5.23. The quantitative estimate of drug-likeness (QED) is 0.472. The van der Waals surface area contributed by atoms with Crippen molar-refractivity contribution in [3.8, 4) is 5.75 Å². The molecule has 4 rings (SSSR count). The first-order valence-electron chi connectivity index (χ1n) is 9.69. The Morgan fingerprint density at radius 3 is 2.63 bits per heavy atom. The minimum absolute atomic E-state index is 0.0480. The van der Waals surface area contributed by atoms with Crippen molar-refractivity contribution in [1.29, 1.82) is 0 Å². The normalized spacial score (nSPS) is 12.1. The number of hydrogen-bond acceptors (Lipinski definition) is 5. The van der Waals surface area contributed by atoms with E-state index in [4.69, 9.17) is 9.47 Å². The van der Waals surface area contributed by atoms with Gasteiger partial charge in [-0.1, -0.05) is 30.3 Å². The van der Waals surface area contributed by atoms with Gasteiger partial charge in [-0.3, -0.25) is 14.0 Å². The summed E-state index contributed by atoms with van der Waals surface area (Å²) >= 11 is 0. The number of hydrogen-bond donors (Lipinski definition) is 0. The highest BCUT2D eigenvalue weighted by molar-refractivity contribution is 5.86. The molecule has 0 aliphatic rings. The van der Waals surface area contributed by atoms with E-state index >= 15 is 0 Å². The summed E-state index contributed by atoms with van der Waals surface area (Å²) in [6, 6.07) is 18.5. The van der Waals surface area contributed by atoms with Crippen molar-refractivity contribution in [3.63, 3.8) is 0 Å². The van der Waals surface area contributed by atoms with Gasteiger partial charge in [-0.05, 0) is 54.4 Å². The third-order valence-electron chi connectivity index (χ3n) is 5.22. The zero-order valence-corrected chi connectivity index (χ0v) is 17.1. The fourth-order valence-corrected chi connectivity index (χ4v) is 3.48. The van der Waals surface area contributed by atoms with Crippen molar-refractivity contribution < 1.29 is 14.3 Å². The lowest BCUT2D eigenvalue weighted by Crippen LogP contribution is -2.19. The molecule has 0 aliphatic carbocycles. The highest BCUT2D eigenvalue weighted by Crippen LogP contribution is 2.26. The third kappa shape index (κ3) is 3.76. The number of benzene rings is 2. The Morgan fingerprint density at radius 2 is 1.83 bits per heavy atom. The number of ether oxygens (including phenoxy) is 2. The molecule has 0 fully saturated rings. The van der Waals surface area contributed by atoms with Crippen LogP contribution in [0.1, 0.15) is 29.8 Å². The molecule has 4 aromatic rings. The molecular weight excluding hydrogens is 380 g/mol. The van der Waals surface area contributed by atoms with Gasteiger partial charge in [0.25, 0.3) is 5.56 Å². The molecule has 0 unspecified atom stereocenters. The molecule has 6 heteroatoms. The van der Waals surface area contributed by atoms with Gasteiger partial charge in [0, 0.05) is 11.8 Å². The maximum atomic E-state index is 12.6. The molecule has 0 spiro atoms. The summed E-state index contributed by atoms with van der Waals surface area (Å²) in [6.07, 6.45) is 0. The molecule has 0 saturated carbocycles. The molecule has 2 aromatic carbocycles. The number of carbonyl (C=O) groups excluding carboxylic acids is 1. The van der Waals surface area contributed by atoms with Crippen LogP contribution < -0.4 is 10.3 Å². The summed E-state index contributed by atoms with van der Waals surface area (Å²) in [5, 5.41) is 2.06. The van der Waals surface area contributed by atoms with Crippen molar-refractivity contribution in [2.24, 2.45) is 0 Å². The average molecular weight is 402 g/mol. The van der Waals surface area contributed by atoms with Crippen LogP contribution in [0.25, 0.3) is 16.4 Å². The number of aromatic nitrogens is 2. The van der Waals surface area contributed by atoms with Gasteiger partial charge in [0.2, 0.25) is 0 Å². The van der Waals surface area contributed by atoms with Crippen LogP contribution in [0.3, 0.4) is 0 Å². The monoisotopic (exact) mass is 402 g/mol. The van der Waals surface area contributed by atoms with Crippen molar-refractivity contribution in [2.45, 2.75) is 26.4 Å². The van der Waals surface area contributed by atoms with Crippen LogP contribution in [-0.4, -0.2) is 22.5 Å². The molecule has 6 nitrogen and oxygen atoms in total. The van der Waals surface area contributed by atoms with E-state index in [1.807, 2.05) is 55.5 Å². The summed E-state index contributed by atoms with van der Waals surface area (Å²) in [4.78, 5) is 29.4. The van der Waals surface area contributed by atoms with Crippen LogP contribution in [0.5, 0.6) is 5.75 Å². The smallest absolute Gasteiger partial charge is 0.313 e. The first-order valence-corrected chi connectivity index (χ1v) is 9.69. The number of fused-ring (bicyclic) bond motifs is 2. The number of methoxy groups -OCH3 is 1. The molecule has 0 radical (unpaired) electrons. The summed E-state index contributed by atoms with van der Waals surface area (Å²) in [6.45, 7) is 3.60. The topological polar surface area (TPSA) is 69.9 Å². The lowest BCUT2D eigenvalue weighted by Gasteiger charge is -2.13. The van der Waals surface area contributed by atoms with E-state index < -0.39 is 5.92 Å². The molecule has 0 aliphatic heterocycles. The Bertz CT molecular complexity index is 1310. The number of aryl methyl sites for hydroxylation is 1. The van der Waals surface area contributed by atoms with Gasteiger partial charge < -0.3 is 9.47 Å². The van der Waals surface area contributed by atoms with E-state index in [0.29, 0.717) is 11.3 Å². The van der Waals surface area contributed by atoms with E-state index in [0.717, 1.165) is 27.8 Å². The predicted octanol–water partition coefficient (Wildman–Crippen LogP) is 4.01. The minimum Gasteiger partial charge on any atom is -0.497 e.